The van der Waals surface area contributed by atoms with Crippen LogP contribution in [0.2, 0.25) is 0 Å². The Balaban J connectivity index is 2.18. The van der Waals surface area contributed by atoms with Gasteiger partial charge in [-0.2, -0.15) is 0 Å². The molecule has 0 amide bonds. The standard InChI is InChI=1S/C10H12FNO2/c11-8-2-1-4-12-10(8)9-6-7(13)3-5-14-9/h1-2,4,7,9,13H,3,5-6H2. The fourth-order valence-corrected chi connectivity index (χ4v) is 1.60. The van der Waals surface area contributed by atoms with Crippen LogP contribution in [0.25, 0.3) is 0 Å². The van der Waals surface area contributed by atoms with Crippen LogP contribution in [0, 0.1) is 5.82 Å². The van der Waals surface area contributed by atoms with Gasteiger partial charge in [0.15, 0.2) is 0 Å². The van der Waals surface area contributed by atoms with E-state index in [4.69, 9.17) is 4.74 Å². The van der Waals surface area contributed by atoms with E-state index in [-0.39, 0.29) is 5.82 Å². The van der Waals surface area contributed by atoms with Crippen LogP contribution in [0.4, 0.5) is 4.39 Å². The SMILES string of the molecule is OC1CCOC(c2ncccc2F)C1. The lowest BCUT2D eigenvalue weighted by Crippen LogP contribution is -2.24. The van der Waals surface area contributed by atoms with E-state index in [1.54, 1.807) is 0 Å². The maximum Gasteiger partial charge on any atom is 0.147 e. The second-order valence-corrected chi connectivity index (χ2v) is 3.41. The van der Waals surface area contributed by atoms with Crippen LogP contribution < -0.4 is 0 Å². The maximum absolute atomic E-state index is 13.3. The van der Waals surface area contributed by atoms with Gasteiger partial charge in [0.05, 0.1) is 6.10 Å². The van der Waals surface area contributed by atoms with Gasteiger partial charge >= 0.3 is 0 Å². The van der Waals surface area contributed by atoms with Crippen molar-refractivity contribution in [3.05, 3.63) is 29.8 Å². The number of ether oxygens (including phenoxy) is 1. The Morgan fingerprint density at radius 3 is 3.14 bits per heavy atom. The topological polar surface area (TPSA) is 42.4 Å². The molecule has 1 saturated heterocycles. The highest BCUT2D eigenvalue weighted by Crippen LogP contribution is 2.27. The highest BCUT2D eigenvalue weighted by molar-refractivity contribution is 5.10. The minimum atomic E-state index is -0.407. The number of pyridine rings is 1. The van der Waals surface area contributed by atoms with Gasteiger partial charge in [0.2, 0.25) is 0 Å². The quantitative estimate of drug-likeness (QED) is 0.740. The average Bonchev–Trinajstić information content (AvgIpc) is 2.18. The number of halogens is 1. The van der Waals surface area contributed by atoms with Crippen LogP contribution in [0.5, 0.6) is 0 Å². The fourth-order valence-electron chi connectivity index (χ4n) is 1.60. The first-order chi connectivity index (χ1) is 6.77. The minimum Gasteiger partial charge on any atom is -0.393 e. The summed E-state index contributed by atoms with van der Waals surface area (Å²) in [4.78, 5) is 3.93. The molecule has 14 heavy (non-hydrogen) atoms. The molecule has 76 valence electrons. The van der Waals surface area contributed by atoms with Gasteiger partial charge in [0.1, 0.15) is 17.6 Å². The second-order valence-electron chi connectivity index (χ2n) is 3.41. The molecule has 2 heterocycles. The lowest BCUT2D eigenvalue weighted by molar-refractivity contribution is -0.0481. The van der Waals surface area contributed by atoms with Crippen molar-refractivity contribution >= 4 is 0 Å². The second kappa shape index (κ2) is 4.02. The van der Waals surface area contributed by atoms with E-state index in [9.17, 15) is 9.50 Å². The van der Waals surface area contributed by atoms with Crippen molar-refractivity contribution in [3.8, 4) is 0 Å². The third-order valence-electron chi connectivity index (χ3n) is 2.35. The largest absolute Gasteiger partial charge is 0.393 e. The van der Waals surface area contributed by atoms with Crippen molar-refractivity contribution in [1.29, 1.82) is 0 Å². The normalized spacial score (nSPS) is 27.6. The summed E-state index contributed by atoms with van der Waals surface area (Å²) in [6.07, 6.45) is 1.76. The number of aliphatic hydroxyl groups excluding tert-OH is 1. The molecule has 1 N–H and O–H groups in total. The van der Waals surface area contributed by atoms with Gasteiger partial charge in [-0.05, 0) is 18.6 Å². The lowest BCUT2D eigenvalue weighted by Gasteiger charge is -2.26. The van der Waals surface area contributed by atoms with Crippen molar-refractivity contribution < 1.29 is 14.2 Å². The van der Waals surface area contributed by atoms with E-state index < -0.39 is 12.2 Å². The van der Waals surface area contributed by atoms with Gasteiger partial charge in [-0.1, -0.05) is 0 Å². The van der Waals surface area contributed by atoms with Crippen molar-refractivity contribution in [2.75, 3.05) is 6.61 Å². The van der Waals surface area contributed by atoms with Gasteiger partial charge in [-0.25, -0.2) is 4.39 Å². The molecule has 0 aliphatic carbocycles. The molecule has 2 atom stereocenters. The third kappa shape index (κ3) is 1.91. The molecule has 2 rings (SSSR count). The number of nitrogens with zero attached hydrogens (tertiary/aromatic N) is 1. The zero-order chi connectivity index (χ0) is 9.97. The first-order valence-electron chi connectivity index (χ1n) is 4.67. The van der Waals surface area contributed by atoms with Gasteiger partial charge in [0, 0.05) is 19.2 Å². The third-order valence-corrected chi connectivity index (χ3v) is 2.35. The van der Waals surface area contributed by atoms with E-state index >= 15 is 0 Å². The van der Waals surface area contributed by atoms with Crippen LogP contribution >= 0.6 is 0 Å². The number of hydrogen-bond acceptors (Lipinski definition) is 3. The van der Waals surface area contributed by atoms with Crippen molar-refractivity contribution in [2.24, 2.45) is 0 Å². The molecule has 0 bridgehead atoms. The predicted molar refractivity (Wildman–Crippen MR) is 48.1 cm³/mol. The maximum atomic E-state index is 13.3. The summed E-state index contributed by atoms with van der Waals surface area (Å²) in [5, 5.41) is 9.40. The number of aliphatic hydroxyl groups is 1. The Morgan fingerprint density at radius 1 is 1.57 bits per heavy atom. The van der Waals surface area contributed by atoms with Gasteiger partial charge in [0.25, 0.3) is 0 Å². The van der Waals surface area contributed by atoms with Crippen LogP contribution in [-0.2, 0) is 4.74 Å². The zero-order valence-corrected chi connectivity index (χ0v) is 7.69. The molecule has 0 spiro atoms. The van der Waals surface area contributed by atoms with Crippen LogP contribution in [0.1, 0.15) is 24.6 Å². The average molecular weight is 197 g/mol. The van der Waals surface area contributed by atoms with E-state index in [2.05, 4.69) is 4.98 Å². The molecule has 1 aromatic rings. The zero-order valence-electron chi connectivity index (χ0n) is 7.69. The van der Waals surface area contributed by atoms with E-state index in [0.29, 0.717) is 25.1 Å². The Hall–Kier alpha value is -1.00. The van der Waals surface area contributed by atoms with Gasteiger partial charge in [-0.3, -0.25) is 4.98 Å². The Morgan fingerprint density at radius 2 is 2.43 bits per heavy atom. The van der Waals surface area contributed by atoms with Crippen molar-refractivity contribution in [3.63, 3.8) is 0 Å². The molecule has 2 unspecified atom stereocenters. The summed E-state index contributed by atoms with van der Waals surface area (Å²) in [5.74, 6) is -0.369. The van der Waals surface area contributed by atoms with Crippen LogP contribution in [0.3, 0.4) is 0 Å². The van der Waals surface area contributed by atoms with Crippen molar-refractivity contribution in [2.45, 2.75) is 25.0 Å². The molecule has 1 aliphatic heterocycles. The molecule has 4 heteroatoms. The van der Waals surface area contributed by atoms with E-state index in [1.165, 1.54) is 18.3 Å². The lowest BCUT2D eigenvalue weighted by atomic mass is 10.0. The van der Waals surface area contributed by atoms with Gasteiger partial charge in [-0.15, -0.1) is 0 Å². The summed E-state index contributed by atoms with van der Waals surface area (Å²) >= 11 is 0. The van der Waals surface area contributed by atoms with Crippen LogP contribution in [0.15, 0.2) is 18.3 Å². The fraction of sp³-hybridized carbons (Fsp3) is 0.500. The molecule has 1 aliphatic rings. The first-order valence-corrected chi connectivity index (χ1v) is 4.67. The minimum absolute atomic E-state index is 0.297. The Bertz CT molecular complexity index is 319. The molecule has 0 radical (unpaired) electrons. The number of aromatic nitrogens is 1. The summed E-state index contributed by atoms with van der Waals surface area (Å²) in [6.45, 7) is 0.460. The Kier molecular flexibility index (Phi) is 2.74. The molecular formula is C10H12FNO2. The Labute approximate surface area is 81.5 Å². The summed E-state index contributed by atoms with van der Waals surface area (Å²) < 4.78 is 18.6. The van der Waals surface area contributed by atoms with Gasteiger partial charge < -0.3 is 9.84 Å². The number of hydrogen-bond donors (Lipinski definition) is 1. The summed E-state index contributed by atoms with van der Waals surface area (Å²) in [5.41, 5.74) is 0.297. The highest BCUT2D eigenvalue weighted by Gasteiger charge is 2.25. The molecule has 0 saturated carbocycles. The monoisotopic (exact) mass is 197 g/mol. The van der Waals surface area contributed by atoms with Crippen molar-refractivity contribution in [1.82, 2.24) is 4.98 Å². The predicted octanol–water partition coefficient (Wildman–Crippen LogP) is 1.43. The van der Waals surface area contributed by atoms with Crippen LogP contribution in [-0.4, -0.2) is 22.8 Å². The number of rotatable bonds is 1. The van der Waals surface area contributed by atoms with E-state index in [1.807, 2.05) is 0 Å². The summed E-state index contributed by atoms with van der Waals surface area (Å²) in [7, 11) is 0. The molecule has 1 aromatic heterocycles. The summed E-state index contributed by atoms with van der Waals surface area (Å²) in [6, 6.07) is 2.89. The first kappa shape index (κ1) is 9.55. The molecular weight excluding hydrogens is 185 g/mol. The van der Waals surface area contributed by atoms with E-state index in [0.717, 1.165) is 0 Å². The molecule has 0 aromatic carbocycles. The molecule has 3 nitrogen and oxygen atoms in total. The highest BCUT2D eigenvalue weighted by atomic mass is 19.1. The smallest absolute Gasteiger partial charge is 0.147 e. The molecule has 1 fully saturated rings.